The zero-order valence-corrected chi connectivity index (χ0v) is 12.9. The maximum Gasteiger partial charge on any atom is 0.338 e. The summed E-state index contributed by atoms with van der Waals surface area (Å²) < 4.78 is 23.7. The normalized spacial score (nSPS) is 17.6. The van der Waals surface area contributed by atoms with Gasteiger partial charge in [-0.15, -0.1) is 0 Å². The summed E-state index contributed by atoms with van der Waals surface area (Å²) in [6.07, 6.45) is 0.408. The van der Waals surface area contributed by atoms with E-state index in [0.29, 0.717) is 17.7 Å². The van der Waals surface area contributed by atoms with Crippen LogP contribution in [0.1, 0.15) is 31.7 Å². The highest BCUT2D eigenvalue weighted by Gasteiger charge is 2.36. The van der Waals surface area contributed by atoms with Gasteiger partial charge in [0, 0.05) is 6.42 Å². The Morgan fingerprint density at radius 3 is 2.57 bits per heavy atom. The molecule has 0 radical (unpaired) electrons. The first-order valence-electron chi connectivity index (χ1n) is 7.26. The van der Waals surface area contributed by atoms with Crippen molar-refractivity contribution >= 4 is 5.97 Å². The Morgan fingerprint density at radius 2 is 2.04 bits per heavy atom. The van der Waals surface area contributed by atoms with Gasteiger partial charge in [-0.3, -0.25) is 0 Å². The van der Waals surface area contributed by atoms with Gasteiger partial charge in [-0.2, -0.15) is 5.26 Å². The van der Waals surface area contributed by atoms with Crippen LogP contribution in [-0.2, 0) is 14.3 Å². The zero-order valence-electron chi connectivity index (χ0n) is 12.9. The molecule has 1 atom stereocenters. The number of carbonyl (C=O) groups excluding carboxylic acids is 1. The number of ether oxygens (including phenoxy) is 2. The van der Waals surface area contributed by atoms with E-state index in [2.05, 4.69) is 0 Å². The Hall–Kier alpha value is -2.81. The van der Waals surface area contributed by atoms with Crippen LogP contribution in [0.2, 0.25) is 0 Å². The Bertz CT molecular complexity index is 714. The van der Waals surface area contributed by atoms with Crippen molar-refractivity contribution in [2.75, 3.05) is 6.61 Å². The van der Waals surface area contributed by atoms with Crippen LogP contribution in [0.5, 0.6) is 0 Å². The lowest BCUT2D eigenvalue weighted by Crippen LogP contribution is -2.26. The topological polar surface area (TPSA) is 85.3 Å². The van der Waals surface area contributed by atoms with Crippen LogP contribution in [-0.4, -0.2) is 12.6 Å². The maximum atomic E-state index is 13.2. The van der Waals surface area contributed by atoms with Crippen molar-refractivity contribution in [1.82, 2.24) is 0 Å². The van der Waals surface area contributed by atoms with E-state index in [0.717, 1.165) is 0 Å². The van der Waals surface area contributed by atoms with Crippen LogP contribution in [0, 0.1) is 17.1 Å². The highest BCUT2D eigenvalue weighted by Crippen LogP contribution is 2.40. The van der Waals surface area contributed by atoms with E-state index < -0.39 is 17.7 Å². The third-order valence-corrected chi connectivity index (χ3v) is 3.52. The molecule has 1 unspecified atom stereocenters. The first-order chi connectivity index (χ1) is 11.0. The minimum Gasteiger partial charge on any atom is -0.463 e. The molecule has 0 aliphatic carbocycles. The fraction of sp³-hybridized carbons (Fsp3) is 0.294. The summed E-state index contributed by atoms with van der Waals surface area (Å²) >= 11 is 0. The van der Waals surface area contributed by atoms with Gasteiger partial charge >= 0.3 is 5.97 Å². The fourth-order valence-corrected chi connectivity index (χ4v) is 2.50. The third kappa shape index (κ3) is 3.19. The highest BCUT2D eigenvalue weighted by atomic mass is 19.1. The lowest BCUT2D eigenvalue weighted by molar-refractivity contribution is -0.139. The van der Waals surface area contributed by atoms with Gasteiger partial charge < -0.3 is 15.2 Å². The molecule has 0 fully saturated rings. The minimum atomic E-state index is -0.733. The predicted octanol–water partition coefficient (Wildman–Crippen LogP) is 2.86. The summed E-state index contributed by atoms with van der Waals surface area (Å²) in [5.41, 5.74) is 6.73. The van der Waals surface area contributed by atoms with E-state index in [9.17, 15) is 14.4 Å². The van der Waals surface area contributed by atoms with Gasteiger partial charge in [0.1, 0.15) is 23.2 Å². The third-order valence-electron chi connectivity index (χ3n) is 3.52. The molecule has 0 amide bonds. The maximum absolute atomic E-state index is 13.2. The number of rotatable bonds is 4. The molecule has 0 bridgehead atoms. The van der Waals surface area contributed by atoms with E-state index in [1.165, 1.54) is 24.3 Å². The van der Waals surface area contributed by atoms with Gasteiger partial charge in [0.15, 0.2) is 0 Å². The summed E-state index contributed by atoms with van der Waals surface area (Å²) in [6, 6.07) is 7.55. The van der Waals surface area contributed by atoms with Gasteiger partial charge in [0.05, 0.1) is 18.1 Å². The molecule has 2 rings (SSSR count). The molecular weight excluding hydrogens is 299 g/mol. The van der Waals surface area contributed by atoms with Crippen molar-refractivity contribution < 1.29 is 18.7 Å². The van der Waals surface area contributed by atoms with E-state index >= 15 is 0 Å². The number of nitriles is 1. The second-order valence-electron chi connectivity index (χ2n) is 4.89. The monoisotopic (exact) mass is 316 g/mol. The van der Waals surface area contributed by atoms with Gasteiger partial charge in [-0.1, -0.05) is 19.1 Å². The molecule has 0 spiro atoms. The molecule has 0 aromatic heterocycles. The molecule has 0 saturated carbocycles. The molecule has 1 aliphatic rings. The first-order valence-corrected chi connectivity index (χ1v) is 7.26. The molecule has 1 aromatic rings. The minimum absolute atomic E-state index is 0.0493. The number of halogens is 1. The summed E-state index contributed by atoms with van der Waals surface area (Å²) in [4.78, 5) is 12.4. The highest BCUT2D eigenvalue weighted by molar-refractivity contribution is 5.92. The lowest BCUT2D eigenvalue weighted by atomic mass is 9.82. The molecule has 6 heteroatoms. The van der Waals surface area contributed by atoms with Crippen molar-refractivity contribution in [3.63, 3.8) is 0 Å². The Balaban J connectivity index is 2.63. The summed E-state index contributed by atoms with van der Waals surface area (Å²) in [6.45, 7) is 3.69. The molecule has 2 N–H and O–H groups in total. The summed E-state index contributed by atoms with van der Waals surface area (Å²) in [5, 5.41) is 9.42. The fourth-order valence-electron chi connectivity index (χ4n) is 2.50. The van der Waals surface area contributed by atoms with Crippen LogP contribution in [0.3, 0.4) is 0 Å². The number of allylic oxidation sites excluding steroid dienone is 2. The average Bonchev–Trinajstić information content (AvgIpc) is 2.54. The Kier molecular flexibility index (Phi) is 5.02. The van der Waals surface area contributed by atoms with Crippen molar-refractivity contribution in [1.29, 1.82) is 5.26 Å². The number of benzene rings is 1. The molecule has 0 saturated heterocycles. The van der Waals surface area contributed by atoms with Gasteiger partial charge in [0.2, 0.25) is 5.88 Å². The van der Waals surface area contributed by atoms with Crippen LogP contribution < -0.4 is 5.73 Å². The Morgan fingerprint density at radius 1 is 1.39 bits per heavy atom. The van der Waals surface area contributed by atoms with E-state index in [1.807, 2.05) is 6.07 Å². The molecule has 1 heterocycles. The van der Waals surface area contributed by atoms with E-state index in [1.54, 1.807) is 13.8 Å². The van der Waals surface area contributed by atoms with Crippen molar-refractivity contribution in [3.8, 4) is 6.07 Å². The van der Waals surface area contributed by atoms with Crippen LogP contribution in [0.25, 0.3) is 0 Å². The van der Waals surface area contributed by atoms with Crippen LogP contribution >= 0.6 is 0 Å². The van der Waals surface area contributed by atoms with Crippen molar-refractivity contribution in [3.05, 3.63) is 58.4 Å². The van der Waals surface area contributed by atoms with E-state index in [-0.39, 0.29) is 23.6 Å². The first kappa shape index (κ1) is 16.6. The Labute approximate surface area is 133 Å². The predicted molar refractivity (Wildman–Crippen MR) is 81.0 cm³/mol. The number of hydrogen-bond donors (Lipinski definition) is 1. The number of carbonyl (C=O) groups is 1. The standard InChI is InChI=1S/C17H17FN2O3/c1-3-13-15(17(21)22-4-2)14(12(9-19)16(20)23-13)10-5-7-11(18)8-6-10/h5-8,14H,3-4,20H2,1-2H3. The molecular formula is C17H17FN2O3. The van der Waals surface area contributed by atoms with Gasteiger partial charge in [-0.25, -0.2) is 9.18 Å². The van der Waals surface area contributed by atoms with Gasteiger partial charge in [-0.05, 0) is 24.6 Å². The molecule has 120 valence electrons. The molecule has 1 aromatic carbocycles. The SMILES string of the molecule is CCOC(=O)C1=C(CC)OC(N)=C(C#N)C1c1ccc(F)cc1. The number of nitrogens with zero attached hydrogens (tertiary/aromatic N) is 1. The summed E-state index contributed by atoms with van der Waals surface area (Å²) in [5.74, 6) is -1.41. The van der Waals surface area contributed by atoms with Crippen LogP contribution in [0.15, 0.2) is 47.1 Å². The smallest absolute Gasteiger partial charge is 0.338 e. The van der Waals surface area contributed by atoms with Crippen molar-refractivity contribution in [2.45, 2.75) is 26.2 Å². The molecule has 5 nitrogen and oxygen atoms in total. The van der Waals surface area contributed by atoms with E-state index in [4.69, 9.17) is 15.2 Å². The lowest BCUT2D eigenvalue weighted by Gasteiger charge is -2.27. The van der Waals surface area contributed by atoms with Gasteiger partial charge in [0.25, 0.3) is 0 Å². The number of esters is 1. The molecule has 23 heavy (non-hydrogen) atoms. The van der Waals surface area contributed by atoms with Crippen molar-refractivity contribution in [2.24, 2.45) is 5.73 Å². The largest absolute Gasteiger partial charge is 0.463 e. The van der Waals surface area contributed by atoms with Crippen LogP contribution in [0.4, 0.5) is 4.39 Å². The number of nitrogens with two attached hydrogens (primary N) is 1. The quantitative estimate of drug-likeness (QED) is 0.863. The summed E-state index contributed by atoms with van der Waals surface area (Å²) in [7, 11) is 0. The average molecular weight is 316 g/mol. The second kappa shape index (κ2) is 6.97. The zero-order chi connectivity index (χ0) is 17.0. The number of hydrogen-bond acceptors (Lipinski definition) is 5. The molecule has 1 aliphatic heterocycles. The second-order valence-corrected chi connectivity index (χ2v) is 4.89.